The van der Waals surface area contributed by atoms with E-state index >= 15 is 0 Å². The normalized spacial score (nSPS) is 10.9. The summed E-state index contributed by atoms with van der Waals surface area (Å²) in [6.45, 7) is 5.47. The summed E-state index contributed by atoms with van der Waals surface area (Å²) in [5.74, 6) is 0. The molecule has 0 atom stereocenters. The molecule has 0 unspecified atom stereocenters. The monoisotopic (exact) mass is 268 g/mol. The molecule has 0 aliphatic carbocycles. The van der Waals surface area contributed by atoms with E-state index in [4.69, 9.17) is 10.00 Å². The van der Waals surface area contributed by atoms with Crippen LogP contribution in [0.1, 0.15) is 26.3 Å². The van der Waals surface area contributed by atoms with Gasteiger partial charge in [0.2, 0.25) is 0 Å². The van der Waals surface area contributed by atoms with Crippen LogP contribution in [0.4, 0.5) is 4.79 Å². The predicted octanol–water partition coefficient (Wildman–Crippen LogP) is 3.81. The van der Waals surface area contributed by atoms with Crippen LogP contribution in [0.15, 0.2) is 42.6 Å². The summed E-state index contributed by atoms with van der Waals surface area (Å²) in [5, 5.41) is 8.94. The third-order valence-electron chi connectivity index (χ3n) is 2.63. The first-order valence-electron chi connectivity index (χ1n) is 6.32. The lowest BCUT2D eigenvalue weighted by atomic mass is 10.1. The van der Waals surface area contributed by atoms with Gasteiger partial charge in [0.25, 0.3) is 0 Å². The van der Waals surface area contributed by atoms with Crippen molar-refractivity contribution in [3.8, 4) is 17.3 Å². The summed E-state index contributed by atoms with van der Waals surface area (Å²) in [6.07, 6.45) is 1.22. The van der Waals surface area contributed by atoms with E-state index in [-0.39, 0.29) is 0 Å². The standard InChI is InChI=1S/C16H16N2O2/c1-16(2,3)20-15(19)18-9-5-8-14(18)13-7-4-6-12(10-13)11-17/h4-10H,1-3H3. The van der Waals surface area contributed by atoms with Gasteiger partial charge in [0.05, 0.1) is 17.3 Å². The summed E-state index contributed by atoms with van der Waals surface area (Å²) in [5.41, 5.74) is 1.52. The summed E-state index contributed by atoms with van der Waals surface area (Å²) in [4.78, 5) is 12.1. The number of ether oxygens (including phenoxy) is 1. The second-order valence-electron chi connectivity index (χ2n) is 5.44. The van der Waals surface area contributed by atoms with Gasteiger partial charge in [-0.3, -0.25) is 4.57 Å². The Morgan fingerprint density at radius 2 is 2.00 bits per heavy atom. The minimum atomic E-state index is -0.548. The first-order valence-corrected chi connectivity index (χ1v) is 6.32. The maximum absolute atomic E-state index is 12.1. The number of nitriles is 1. The van der Waals surface area contributed by atoms with Crippen LogP contribution in [0.25, 0.3) is 11.3 Å². The molecule has 0 saturated carbocycles. The van der Waals surface area contributed by atoms with Crippen molar-refractivity contribution in [2.24, 2.45) is 0 Å². The highest BCUT2D eigenvalue weighted by molar-refractivity contribution is 5.79. The zero-order chi connectivity index (χ0) is 14.8. The second kappa shape index (κ2) is 5.22. The van der Waals surface area contributed by atoms with Crippen LogP contribution < -0.4 is 0 Å². The topological polar surface area (TPSA) is 55.0 Å². The van der Waals surface area contributed by atoms with Gasteiger partial charge in [0, 0.05) is 11.8 Å². The number of aromatic nitrogens is 1. The number of hydrogen-bond acceptors (Lipinski definition) is 3. The summed E-state index contributed by atoms with van der Waals surface area (Å²) >= 11 is 0. The van der Waals surface area contributed by atoms with Crippen LogP contribution in [0.3, 0.4) is 0 Å². The summed E-state index contributed by atoms with van der Waals surface area (Å²) in [7, 11) is 0. The Morgan fingerprint density at radius 3 is 2.65 bits per heavy atom. The molecule has 1 heterocycles. The quantitative estimate of drug-likeness (QED) is 0.790. The van der Waals surface area contributed by atoms with E-state index in [1.807, 2.05) is 32.9 Å². The van der Waals surface area contributed by atoms with Gasteiger partial charge in [-0.2, -0.15) is 5.26 Å². The molecular weight excluding hydrogens is 252 g/mol. The fourth-order valence-electron chi connectivity index (χ4n) is 1.83. The van der Waals surface area contributed by atoms with Gasteiger partial charge in [0.15, 0.2) is 0 Å². The maximum atomic E-state index is 12.1. The van der Waals surface area contributed by atoms with Crippen molar-refractivity contribution in [3.05, 3.63) is 48.2 Å². The average Bonchev–Trinajstić information content (AvgIpc) is 2.86. The number of hydrogen-bond donors (Lipinski definition) is 0. The number of rotatable bonds is 1. The van der Waals surface area contributed by atoms with Crippen molar-refractivity contribution in [2.75, 3.05) is 0 Å². The van der Waals surface area contributed by atoms with Crippen LogP contribution in [-0.4, -0.2) is 16.3 Å². The molecule has 102 valence electrons. The Morgan fingerprint density at radius 1 is 1.25 bits per heavy atom. The zero-order valence-electron chi connectivity index (χ0n) is 11.8. The summed E-state index contributed by atoms with van der Waals surface area (Å²) in [6, 6.07) is 12.8. The van der Waals surface area contributed by atoms with Gasteiger partial charge >= 0.3 is 6.09 Å². The third kappa shape index (κ3) is 3.07. The molecule has 0 spiro atoms. The highest BCUT2D eigenvalue weighted by atomic mass is 16.6. The molecule has 0 radical (unpaired) electrons. The van der Waals surface area contributed by atoms with Crippen LogP contribution in [-0.2, 0) is 4.74 Å². The first-order chi connectivity index (χ1) is 9.40. The smallest absolute Gasteiger partial charge is 0.418 e. The van der Waals surface area contributed by atoms with E-state index in [1.165, 1.54) is 4.57 Å². The van der Waals surface area contributed by atoms with E-state index < -0.39 is 11.7 Å². The molecule has 1 aromatic heterocycles. The predicted molar refractivity (Wildman–Crippen MR) is 76.2 cm³/mol. The van der Waals surface area contributed by atoms with Crippen molar-refractivity contribution in [3.63, 3.8) is 0 Å². The van der Waals surface area contributed by atoms with E-state index in [1.54, 1.807) is 30.5 Å². The second-order valence-corrected chi connectivity index (χ2v) is 5.44. The summed E-state index contributed by atoms with van der Waals surface area (Å²) < 4.78 is 6.81. The molecule has 1 aromatic carbocycles. The molecule has 20 heavy (non-hydrogen) atoms. The molecule has 4 heteroatoms. The van der Waals surface area contributed by atoms with E-state index in [0.29, 0.717) is 11.3 Å². The lowest BCUT2D eigenvalue weighted by molar-refractivity contribution is 0.0540. The first kappa shape index (κ1) is 13.9. The van der Waals surface area contributed by atoms with Crippen molar-refractivity contribution in [1.82, 2.24) is 4.57 Å². The SMILES string of the molecule is CC(C)(C)OC(=O)n1cccc1-c1cccc(C#N)c1. The number of benzene rings is 1. The van der Waals surface area contributed by atoms with Gasteiger partial charge in [-0.15, -0.1) is 0 Å². The fourth-order valence-corrected chi connectivity index (χ4v) is 1.83. The van der Waals surface area contributed by atoms with Crippen LogP contribution in [0.2, 0.25) is 0 Å². The molecule has 0 fully saturated rings. The molecule has 0 aliphatic rings. The van der Waals surface area contributed by atoms with Crippen LogP contribution in [0.5, 0.6) is 0 Å². The van der Waals surface area contributed by atoms with Crippen molar-refractivity contribution in [2.45, 2.75) is 26.4 Å². The minimum absolute atomic E-state index is 0.431. The van der Waals surface area contributed by atoms with E-state index in [9.17, 15) is 4.79 Å². The lowest BCUT2D eigenvalue weighted by Gasteiger charge is -2.20. The van der Waals surface area contributed by atoms with Crippen LogP contribution in [0, 0.1) is 11.3 Å². The molecule has 0 bridgehead atoms. The molecule has 4 nitrogen and oxygen atoms in total. The fraction of sp³-hybridized carbons (Fsp3) is 0.250. The lowest BCUT2D eigenvalue weighted by Crippen LogP contribution is -2.27. The van der Waals surface area contributed by atoms with E-state index in [0.717, 1.165) is 5.56 Å². The highest BCUT2D eigenvalue weighted by Gasteiger charge is 2.19. The Hall–Kier alpha value is -2.54. The maximum Gasteiger partial charge on any atom is 0.418 e. The van der Waals surface area contributed by atoms with Gasteiger partial charge < -0.3 is 4.74 Å². The van der Waals surface area contributed by atoms with Crippen molar-refractivity contribution in [1.29, 1.82) is 5.26 Å². The van der Waals surface area contributed by atoms with Gasteiger partial charge in [-0.05, 0) is 45.0 Å². The van der Waals surface area contributed by atoms with Crippen LogP contribution >= 0.6 is 0 Å². The largest absolute Gasteiger partial charge is 0.443 e. The molecule has 2 aromatic rings. The highest BCUT2D eigenvalue weighted by Crippen LogP contribution is 2.22. The Labute approximate surface area is 118 Å². The van der Waals surface area contributed by atoms with Gasteiger partial charge in [0.1, 0.15) is 5.60 Å². The van der Waals surface area contributed by atoms with Crippen molar-refractivity contribution >= 4 is 6.09 Å². The molecule has 2 rings (SSSR count). The molecule has 0 saturated heterocycles. The number of nitrogens with zero attached hydrogens (tertiary/aromatic N) is 2. The molecule has 0 amide bonds. The average molecular weight is 268 g/mol. The van der Waals surface area contributed by atoms with Gasteiger partial charge in [-0.1, -0.05) is 12.1 Å². The Balaban J connectivity index is 2.38. The van der Waals surface area contributed by atoms with Crippen molar-refractivity contribution < 1.29 is 9.53 Å². The molecule has 0 aliphatic heterocycles. The number of carbonyl (C=O) groups excluding carboxylic acids is 1. The number of carbonyl (C=O) groups is 1. The van der Waals surface area contributed by atoms with Gasteiger partial charge in [-0.25, -0.2) is 4.79 Å². The minimum Gasteiger partial charge on any atom is -0.443 e. The Kier molecular flexibility index (Phi) is 3.62. The third-order valence-corrected chi connectivity index (χ3v) is 2.63. The Bertz CT molecular complexity index is 672. The van der Waals surface area contributed by atoms with E-state index in [2.05, 4.69) is 6.07 Å². The molecule has 0 N–H and O–H groups in total. The molecular formula is C16H16N2O2. The zero-order valence-corrected chi connectivity index (χ0v) is 11.8.